The number of aryl methyl sites for hydroxylation is 2. The minimum absolute atomic E-state index is 0.0215. The summed E-state index contributed by atoms with van der Waals surface area (Å²) in [6.07, 6.45) is 0.744. The van der Waals surface area contributed by atoms with E-state index >= 15 is 0 Å². The van der Waals surface area contributed by atoms with Crippen molar-refractivity contribution in [3.05, 3.63) is 70.5 Å². The zero-order valence-corrected chi connectivity index (χ0v) is 15.4. The van der Waals surface area contributed by atoms with E-state index in [0.717, 1.165) is 34.1 Å². The standard InChI is InChI=1S/C22H21NO4/c1-13-7-8-16-14(2)20(27-19(16)11-13)21(24)23-10-9-15(12-23)17-5-3-4-6-18(17)22(25)26/h3-8,11,15H,9-10,12H2,1-2H3,(H,25,26)/t15-/m0/s1. The van der Waals surface area contributed by atoms with Gasteiger partial charge in [0.1, 0.15) is 5.58 Å². The summed E-state index contributed by atoms with van der Waals surface area (Å²) in [5.74, 6) is -0.661. The van der Waals surface area contributed by atoms with E-state index in [1.54, 1.807) is 17.0 Å². The summed E-state index contributed by atoms with van der Waals surface area (Å²) in [6, 6.07) is 13.0. The summed E-state index contributed by atoms with van der Waals surface area (Å²) in [4.78, 5) is 26.3. The third-order valence-corrected chi connectivity index (χ3v) is 5.39. The minimum Gasteiger partial charge on any atom is -0.478 e. The molecule has 1 N–H and O–H groups in total. The SMILES string of the molecule is Cc1ccc2c(C)c(C(=O)N3CC[C@H](c4ccccc4C(=O)O)C3)oc2c1. The van der Waals surface area contributed by atoms with Crippen LogP contribution in [-0.2, 0) is 0 Å². The molecule has 0 radical (unpaired) electrons. The summed E-state index contributed by atoms with van der Waals surface area (Å²) in [6.45, 7) is 4.98. The summed E-state index contributed by atoms with van der Waals surface area (Å²) in [5, 5.41) is 10.4. The molecule has 1 fully saturated rings. The fraction of sp³-hybridized carbons (Fsp3) is 0.273. The Hall–Kier alpha value is -3.08. The molecule has 1 saturated heterocycles. The van der Waals surface area contributed by atoms with Crippen molar-refractivity contribution in [3.8, 4) is 0 Å². The van der Waals surface area contributed by atoms with Crippen LogP contribution >= 0.6 is 0 Å². The molecule has 1 atom stereocenters. The smallest absolute Gasteiger partial charge is 0.335 e. The average molecular weight is 363 g/mol. The molecular weight excluding hydrogens is 342 g/mol. The molecule has 5 heteroatoms. The molecule has 0 unspecified atom stereocenters. The first kappa shape index (κ1) is 17.3. The molecule has 27 heavy (non-hydrogen) atoms. The molecule has 1 aromatic heterocycles. The van der Waals surface area contributed by atoms with Gasteiger partial charge in [-0.3, -0.25) is 4.79 Å². The third-order valence-electron chi connectivity index (χ3n) is 5.39. The Morgan fingerprint density at radius 1 is 1.15 bits per heavy atom. The van der Waals surface area contributed by atoms with E-state index in [9.17, 15) is 14.7 Å². The van der Waals surface area contributed by atoms with Gasteiger partial charge in [0.2, 0.25) is 0 Å². The van der Waals surface area contributed by atoms with E-state index in [2.05, 4.69) is 0 Å². The van der Waals surface area contributed by atoms with Gasteiger partial charge in [-0.2, -0.15) is 0 Å². The van der Waals surface area contributed by atoms with E-state index in [4.69, 9.17) is 4.42 Å². The fourth-order valence-corrected chi connectivity index (χ4v) is 3.93. The number of fused-ring (bicyclic) bond motifs is 1. The minimum atomic E-state index is -0.932. The summed E-state index contributed by atoms with van der Waals surface area (Å²) in [7, 11) is 0. The van der Waals surface area contributed by atoms with Crippen molar-refractivity contribution in [2.45, 2.75) is 26.2 Å². The second-order valence-electron chi connectivity index (χ2n) is 7.18. The maximum atomic E-state index is 13.0. The molecule has 1 aliphatic rings. The number of carboxylic acid groups (broad SMARTS) is 1. The first-order valence-electron chi connectivity index (χ1n) is 9.07. The summed E-state index contributed by atoms with van der Waals surface area (Å²) >= 11 is 0. The number of carbonyl (C=O) groups excluding carboxylic acids is 1. The van der Waals surface area contributed by atoms with Crippen LogP contribution in [0.25, 0.3) is 11.0 Å². The first-order chi connectivity index (χ1) is 13.0. The van der Waals surface area contributed by atoms with Crippen molar-refractivity contribution < 1.29 is 19.1 Å². The second kappa shape index (κ2) is 6.58. The van der Waals surface area contributed by atoms with Gasteiger partial charge in [0.15, 0.2) is 5.76 Å². The molecule has 138 valence electrons. The number of furan rings is 1. The van der Waals surface area contributed by atoms with Crippen LogP contribution in [0.15, 0.2) is 46.9 Å². The second-order valence-corrected chi connectivity index (χ2v) is 7.18. The highest BCUT2D eigenvalue weighted by Gasteiger charge is 2.32. The van der Waals surface area contributed by atoms with Crippen LogP contribution in [0.2, 0.25) is 0 Å². The molecule has 3 aromatic rings. The number of likely N-dealkylation sites (tertiary alicyclic amines) is 1. The van der Waals surface area contributed by atoms with E-state index < -0.39 is 5.97 Å². The molecule has 0 spiro atoms. The van der Waals surface area contributed by atoms with Gasteiger partial charge < -0.3 is 14.4 Å². The Balaban J connectivity index is 1.60. The Kier molecular flexibility index (Phi) is 4.22. The lowest BCUT2D eigenvalue weighted by Crippen LogP contribution is -2.28. The Morgan fingerprint density at radius 3 is 2.70 bits per heavy atom. The largest absolute Gasteiger partial charge is 0.478 e. The van der Waals surface area contributed by atoms with Gasteiger partial charge in [0, 0.05) is 30.0 Å². The zero-order chi connectivity index (χ0) is 19.1. The fourth-order valence-electron chi connectivity index (χ4n) is 3.93. The van der Waals surface area contributed by atoms with Gasteiger partial charge in [-0.05, 0) is 43.5 Å². The highest BCUT2D eigenvalue weighted by molar-refractivity contribution is 5.99. The van der Waals surface area contributed by atoms with Crippen LogP contribution < -0.4 is 0 Å². The number of hydrogen-bond donors (Lipinski definition) is 1. The van der Waals surface area contributed by atoms with Crippen LogP contribution in [0.5, 0.6) is 0 Å². The van der Waals surface area contributed by atoms with Gasteiger partial charge in [-0.15, -0.1) is 0 Å². The van der Waals surface area contributed by atoms with Crippen molar-refractivity contribution in [1.29, 1.82) is 0 Å². The molecule has 2 aromatic carbocycles. The predicted octanol–water partition coefficient (Wildman–Crippen LogP) is 4.38. The topological polar surface area (TPSA) is 70.8 Å². The molecule has 0 bridgehead atoms. The van der Waals surface area contributed by atoms with Crippen molar-refractivity contribution in [2.75, 3.05) is 13.1 Å². The number of amides is 1. The number of aromatic carboxylic acids is 1. The molecular formula is C22H21NO4. The molecule has 1 amide bonds. The van der Waals surface area contributed by atoms with Crippen molar-refractivity contribution >= 4 is 22.8 Å². The number of benzene rings is 2. The molecule has 4 rings (SSSR count). The molecule has 5 nitrogen and oxygen atoms in total. The van der Waals surface area contributed by atoms with Crippen LogP contribution in [0, 0.1) is 13.8 Å². The number of rotatable bonds is 3. The lowest BCUT2D eigenvalue weighted by molar-refractivity contribution is 0.0695. The lowest BCUT2D eigenvalue weighted by atomic mass is 9.93. The normalized spacial score (nSPS) is 16.8. The Bertz CT molecular complexity index is 1050. The molecule has 0 aliphatic carbocycles. The van der Waals surface area contributed by atoms with Gasteiger partial charge in [0.25, 0.3) is 5.91 Å². The number of carboxylic acids is 1. The van der Waals surface area contributed by atoms with Crippen molar-refractivity contribution in [3.63, 3.8) is 0 Å². The van der Waals surface area contributed by atoms with Gasteiger partial charge in [-0.25, -0.2) is 4.79 Å². The monoisotopic (exact) mass is 363 g/mol. The number of hydrogen-bond acceptors (Lipinski definition) is 3. The van der Waals surface area contributed by atoms with Crippen LogP contribution in [0.4, 0.5) is 0 Å². The summed E-state index contributed by atoms with van der Waals surface area (Å²) in [5.41, 5.74) is 3.76. The quantitative estimate of drug-likeness (QED) is 0.750. The van der Waals surface area contributed by atoms with Crippen LogP contribution in [0.1, 0.15) is 49.9 Å². The van der Waals surface area contributed by atoms with Gasteiger partial charge in [0.05, 0.1) is 5.56 Å². The maximum Gasteiger partial charge on any atom is 0.335 e. The first-order valence-corrected chi connectivity index (χ1v) is 9.07. The molecule has 2 heterocycles. The Morgan fingerprint density at radius 2 is 1.93 bits per heavy atom. The molecule has 1 aliphatic heterocycles. The zero-order valence-electron chi connectivity index (χ0n) is 15.4. The lowest BCUT2D eigenvalue weighted by Gasteiger charge is -2.16. The van der Waals surface area contributed by atoms with E-state index in [-0.39, 0.29) is 11.8 Å². The average Bonchev–Trinajstić information content (AvgIpc) is 3.26. The Labute approximate surface area is 157 Å². The van der Waals surface area contributed by atoms with Gasteiger partial charge >= 0.3 is 5.97 Å². The van der Waals surface area contributed by atoms with Crippen LogP contribution in [-0.4, -0.2) is 35.0 Å². The highest BCUT2D eigenvalue weighted by Crippen LogP contribution is 2.32. The molecule has 0 saturated carbocycles. The van der Waals surface area contributed by atoms with Gasteiger partial charge in [-0.1, -0.05) is 30.3 Å². The van der Waals surface area contributed by atoms with E-state index in [1.165, 1.54) is 0 Å². The number of nitrogens with zero attached hydrogens (tertiary/aromatic N) is 1. The van der Waals surface area contributed by atoms with Crippen molar-refractivity contribution in [2.24, 2.45) is 0 Å². The van der Waals surface area contributed by atoms with E-state index in [0.29, 0.717) is 24.4 Å². The van der Waals surface area contributed by atoms with Crippen LogP contribution in [0.3, 0.4) is 0 Å². The third kappa shape index (κ3) is 2.99. The van der Waals surface area contributed by atoms with E-state index in [1.807, 2.05) is 44.2 Å². The summed E-state index contributed by atoms with van der Waals surface area (Å²) < 4.78 is 5.87. The number of carbonyl (C=O) groups is 2. The predicted molar refractivity (Wildman–Crippen MR) is 102 cm³/mol. The maximum absolute atomic E-state index is 13.0. The highest BCUT2D eigenvalue weighted by atomic mass is 16.4. The van der Waals surface area contributed by atoms with Crippen molar-refractivity contribution in [1.82, 2.24) is 4.90 Å².